The maximum absolute atomic E-state index is 13.6. The van der Waals surface area contributed by atoms with Gasteiger partial charge in [0, 0.05) is 12.5 Å². The molecule has 0 aliphatic heterocycles. The third-order valence-corrected chi connectivity index (χ3v) is 2.44. The Hall–Kier alpha value is -2.31. The van der Waals surface area contributed by atoms with Crippen LogP contribution in [-0.2, 0) is 0 Å². The van der Waals surface area contributed by atoms with Crippen LogP contribution in [0.3, 0.4) is 0 Å². The minimum absolute atomic E-state index is 0.0201. The molecule has 6 nitrogen and oxygen atoms in total. The van der Waals surface area contributed by atoms with Crippen molar-refractivity contribution < 1.29 is 19.1 Å². The second kappa shape index (κ2) is 6.58. The second-order valence-electron chi connectivity index (χ2n) is 3.99. The highest BCUT2D eigenvalue weighted by atomic mass is 19.1. The van der Waals surface area contributed by atoms with Crippen LogP contribution < -0.4 is 15.8 Å². The molecule has 104 valence electrons. The number of oxime groups is 1. The fourth-order valence-corrected chi connectivity index (χ4v) is 1.60. The molecule has 0 fully saturated rings. The van der Waals surface area contributed by atoms with E-state index in [0.717, 1.165) is 0 Å². The second-order valence-corrected chi connectivity index (χ2v) is 3.99. The standard InChI is InChI=1S/C12H16FN3O3/c1-7(6-10(14)16-18)15-12(17)11-8(13)4-3-5-9(11)19-2/h3-5,7,18H,6H2,1-2H3,(H2,14,16)(H,15,17). The molecule has 4 N–H and O–H groups in total. The van der Waals surface area contributed by atoms with Gasteiger partial charge in [0.05, 0.1) is 7.11 Å². The van der Waals surface area contributed by atoms with Crippen molar-refractivity contribution in [1.82, 2.24) is 5.32 Å². The lowest BCUT2D eigenvalue weighted by Gasteiger charge is -2.15. The normalized spacial score (nSPS) is 12.9. The van der Waals surface area contributed by atoms with Gasteiger partial charge in [0.1, 0.15) is 23.0 Å². The first-order valence-electron chi connectivity index (χ1n) is 5.59. The summed E-state index contributed by atoms with van der Waals surface area (Å²) in [6.07, 6.45) is 0.152. The number of amides is 1. The summed E-state index contributed by atoms with van der Waals surface area (Å²) in [6, 6.07) is 3.70. The molecule has 0 aliphatic carbocycles. The Morgan fingerprint density at radius 1 is 1.63 bits per heavy atom. The number of nitrogens with one attached hydrogen (secondary N) is 1. The first kappa shape index (κ1) is 14.7. The lowest BCUT2D eigenvalue weighted by atomic mass is 10.1. The molecule has 0 radical (unpaired) electrons. The monoisotopic (exact) mass is 269 g/mol. The number of carbonyl (C=O) groups excluding carboxylic acids is 1. The summed E-state index contributed by atoms with van der Waals surface area (Å²) in [5, 5.41) is 13.8. The number of methoxy groups -OCH3 is 1. The largest absolute Gasteiger partial charge is 0.496 e. The smallest absolute Gasteiger partial charge is 0.258 e. The molecule has 1 rings (SSSR count). The summed E-state index contributed by atoms with van der Waals surface area (Å²) in [4.78, 5) is 12.0. The Bertz CT molecular complexity index is 491. The van der Waals surface area contributed by atoms with Gasteiger partial charge in [-0.25, -0.2) is 4.39 Å². The zero-order valence-corrected chi connectivity index (χ0v) is 10.7. The van der Waals surface area contributed by atoms with E-state index in [4.69, 9.17) is 15.7 Å². The molecule has 1 amide bonds. The van der Waals surface area contributed by atoms with Crippen LogP contribution in [-0.4, -0.2) is 30.1 Å². The lowest BCUT2D eigenvalue weighted by molar-refractivity contribution is 0.0933. The average Bonchev–Trinajstić information content (AvgIpc) is 2.37. The van der Waals surface area contributed by atoms with E-state index in [1.54, 1.807) is 6.92 Å². The number of ether oxygens (including phenoxy) is 1. The number of rotatable bonds is 5. The highest BCUT2D eigenvalue weighted by Crippen LogP contribution is 2.21. The van der Waals surface area contributed by atoms with Crippen LogP contribution in [0.15, 0.2) is 23.4 Å². The van der Waals surface area contributed by atoms with E-state index in [1.165, 1.54) is 25.3 Å². The SMILES string of the molecule is COc1cccc(F)c1C(=O)NC(C)CC(N)=NO. The Kier molecular flexibility index (Phi) is 5.11. The van der Waals surface area contributed by atoms with Gasteiger partial charge in [-0.05, 0) is 19.1 Å². The first-order chi connectivity index (χ1) is 8.99. The van der Waals surface area contributed by atoms with Crippen molar-refractivity contribution in [3.63, 3.8) is 0 Å². The van der Waals surface area contributed by atoms with Gasteiger partial charge in [-0.1, -0.05) is 11.2 Å². The van der Waals surface area contributed by atoms with Crippen LogP contribution >= 0.6 is 0 Å². The molecule has 0 aromatic heterocycles. The molecule has 1 atom stereocenters. The van der Waals surface area contributed by atoms with Gasteiger partial charge in [0.25, 0.3) is 5.91 Å². The molecule has 0 aliphatic rings. The molecule has 0 saturated heterocycles. The minimum Gasteiger partial charge on any atom is -0.496 e. The maximum Gasteiger partial charge on any atom is 0.258 e. The number of carbonyl (C=O) groups is 1. The van der Waals surface area contributed by atoms with Crippen molar-refractivity contribution in [2.75, 3.05) is 7.11 Å². The van der Waals surface area contributed by atoms with Gasteiger partial charge in [-0.15, -0.1) is 0 Å². The van der Waals surface area contributed by atoms with E-state index >= 15 is 0 Å². The Labute approximate surface area is 110 Å². The summed E-state index contributed by atoms with van der Waals surface area (Å²) < 4.78 is 18.6. The quantitative estimate of drug-likeness (QED) is 0.322. The van der Waals surface area contributed by atoms with E-state index in [-0.39, 0.29) is 23.6 Å². The summed E-state index contributed by atoms with van der Waals surface area (Å²) >= 11 is 0. The average molecular weight is 269 g/mol. The van der Waals surface area contributed by atoms with Crippen LogP contribution in [0.4, 0.5) is 4.39 Å². The number of amidine groups is 1. The number of benzene rings is 1. The van der Waals surface area contributed by atoms with E-state index < -0.39 is 17.8 Å². The lowest BCUT2D eigenvalue weighted by Crippen LogP contribution is -2.36. The van der Waals surface area contributed by atoms with Crippen molar-refractivity contribution >= 4 is 11.7 Å². The summed E-state index contributed by atoms with van der Waals surface area (Å²) in [7, 11) is 1.35. The topological polar surface area (TPSA) is 96.9 Å². The molecule has 0 saturated carbocycles. The van der Waals surface area contributed by atoms with Crippen molar-refractivity contribution in [2.45, 2.75) is 19.4 Å². The van der Waals surface area contributed by atoms with Gasteiger partial charge >= 0.3 is 0 Å². The molecule has 1 unspecified atom stereocenters. The third kappa shape index (κ3) is 3.84. The molecule has 7 heteroatoms. The predicted molar refractivity (Wildman–Crippen MR) is 67.9 cm³/mol. The number of nitrogens with zero attached hydrogens (tertiary/aromatic N) is 1. The summed E-state index contributed by atoms with van der Waals surface area (Å²) in [5.74, 6) is -1.16. The van der Waals surface area contributed by atoms with Crippen molar-refractivity contribution in [1.29, 1.82) is 0 Å². The zero-order chi connectivity index (χ0) is 14.4. The molecular formula is C12H16FN3O3. The van der Waals surface area contributed by atoms with Gasteiger partial charge in [0.15, 0.2) is 0 Å². The Morgan fingerprint density at radius 2 is 2.32 bits per heavy atom. The molecule has 19 heavy (non-hydrogen) atoms. The zero-order valence-electron chi connectivity index (χ0n) is 10.7. The molecule has 0 spiro atoms. The molecule has 1 aromatic carbocycles. The number of hydrogen-bond acceptors (Lipinski definition) is 4. The number of hydrogen-bond donors (Lipinski definition) is 3. The number of nitrogens with two attached hydrogens (primary N) is 1. The van der Waals surface area contributed by atoms with Crippen molar-refractivity contribution in [3.05, 3.63) is 29.6 Å². The fraction of sp³-hybridized carbons (Fsp3) is 0.333. The summed E-state index contributed by atoms with van der Waals surface area (Å²) in [6.45, 7) is 1.66. The van der Waals surface area contributed by atoms with Crippen LogP contribution in [0.2, 0.25) is 0 Å². The first-order valence-corrected chi connectivity index (χ1v) is 5.59. The van der Waals surface area contributed by atoms with Gasteiger partial charge in [0.2, 0.25) is 0 Å². The molecule has 0 bridgehead atoms. The van der Waals surface area contributed by atoms with E-state index in [1.807, 2.05) is 0 Å². The Balaban J connectivity index is 2.84. The van der Waals surface area contributed by atoms with Gasteiger partial charge in [-0.2, -0.15) is 0 Å². The van der Waals surface area contributed by atoms with Gasteiger partial charge < -0.3 is 21.0 Å². The van der Waals surface area contributed by atoms with E-state index in [2.05, 4.69) is 10.5 Å². The van der Waals surface area contributed by atoms with Crippen LogP contribution in [0.1, 0.15) is 23.7 Å². The molecule has 0 heterocycles. The maximum atomic E-state index is 13.6. The molecular weight excluding hydrogens is 253 g/mol. The van der Waals surface area contributed by atoms with Crippen molar-refractivity contribution in [2.24, 2.45) is 10.9 Å². The molecule has 1 aromatic rings. The highest BCUT2D eigenvalue weighted by Gasteiger charge is 2.19. The van der Waals surface area contributed by atoms with Crippen LogP contribution in [0.5, 0.6) is 5.75 Å². The van der Waals surface area contributed by atoms with Gasteiger partial charge in [-0.3, -0.25) is 4.79 Å². The highest BCUT2D eigenvalue weighted by molar-refractivity contribution is 5.97. The minimum atomic E-state index is -0.673. The third-order valence-electron chi connectivity index (χ3n) is 2.44. The van der Waals surface area contributed by atoms with Crippen LogP contribution in [0, 0.1) is 5.82 Å². The van der Waals surface area contributed by atoms with Crippen LogP contribution in [0.25, 0.3) is 0 Å². The van der Waals surface area contributed by atoms with E-state index in [9.17, 15) is 9.18 Å². The predicted octanol–water partition coefficient (Wildman–Crippen LogP) is 1.09. The fourth-order valence-electron chi connectivity index (χ4n) is 1.60. The summed E-state index contributed by atoms with van der Waals surface area (Å²) in [5.41, 5.74) is 5.15. The van der Waals surface area contributed by atoms with Crippen molar-refractivity contribution in [3.8, 4) is 5.75 Å². The Morgan fingerprint density at radius 3 is 2.89 bits per heavy atom. The number of halogens is 1. The van der Waals surface area contributed by atoms with E-state index in [0.29, 0.717) is 0 Å².